The standard InChI is InChI=1S/C65H88N10O15/c1-64(2,3)89-55(80)39-51(62(86)72-49(58(67)82)37-42-21-10-7-11-22-42)73-59(83)47(66)27-16-18-35-68-52(77)29-20-30-53(78)69-36-19-17-28-48(71-61(85)50(74-63(87)90-65(4,5)6)38-43-31-33-46(76)34-32-43)60(84)70-40-56(81)88-41-54(79)75-57(44-23-12-8-13-24-44)45-25-14-9-15-26-45/h7-15,21-26,31-34,47-51,57,76H,16-20,27-30,35-41,66H2,1-6H3,(H2,67,82)(H,68,77)(H,69,78)(H,70,84)(H,71,85)(H,72,86)(H,73,83)(H,74,87)(H,75,79)/t47-,48-,49-,50-,51-/m0/s1. The van der Waals surface area contributed by atoms with Gasteiger partial charge in [0.2, 0.25) is 41.4 Å². The minimum atomic E-state index is -1.44. The molecule has 4 aromatic rings. The van der Waals surface area contributed by atoms with Crippen molar-refractivity contribution >= 4 is 65.3 Å². The van der Waals surface area contributed by atoms with E-state index in [-0.39, 0.29) is 82.0 Å². The highest BCUT2D eigenvalue weighted by Crippen LogP contribution is 2.22. The SMILES string of the molecule is CC(C)(C)OC(=O)C[C@H](NC(=O)[C@@H](N)CCCCNC(=O)CCCC(=O)NCCCC[C@H](NC(=O)[C@H](Cc1ccc(O)cc1)NC(=O)OC(C)(C)C)C(=O)NCC(=O)OCC(=O)NC(c1ccccc1)c1ccccc1)C(=O)N[C@@H](Cc1ccccc1)C(N)=O. The molecule has 5 atom stereocenters. The number of amides is 9. The minimum absolute atomic E-state index is 0.00785. The third kappa shape index (κ3) is 29.5. The highest BCUT2D eigenvalue weighted by Gasteiger charge is 2.33. The number of primary amides is 1. The van der Waals surface area contributed by atoms with E-state index in [9.17, 15) is 57.8 Å². The molecule has 13 N–H and O–H groups in total. The predicted molar refractivity (Wildman–Crippen MR) is 333 cm³/mol. The van der Waals surface area contributed by atoms with Gasteiger partial charge in [-0.05, 0) is 121 Å². The molecule has 4 aromatic carbocycles. The molecule has 0 unspecified atom stereocenters. The average Bonchev–Trinajstić information content (AvgIpc) is 2.50. The quantitative estimate of drug-likeness (QED) is 0.0177. The number of alkyl carbamates (subject to hydrolysis) is 1. The second-order valence-electron chi connectivity index (χ2n) is 23.5. The molecule has 25 nitrogen and oxygen atoms in total. The van der Waals surface area contributed by atoms with Crippen molar-refractivity contribution in [3.63, 3.8) is 0 Å². The molecule has 0 bridgehead atoms. The molecule has 25 heteroatoms. The van der Waals surface area contributed by atoms with Crippen molar-refractivity contribution in [1.82, 2.24) is 42.5 Å². The summed E-state index contributed by atoms with van der Waals surface area (Å²) in [6, 6.07) is 26.4. The summed E-state index contributed by atoms with van der Waals surface area (Å²) >= 11 is 0. The summed E-state index contributed by atoms with van der Waals surface area (Å²) in [5, 5.41) is 31.0. The van der Waals surface area contributed by atoms with Crippen molar-refractivity contribution in [2.75, 3.05) is 26.2 Å². The number of unbranched alkanes of at least 4 members (excludes halogenated alkanes) is 2. The van der Waals surface area contributed by atoms with E-state index in [1.807, 2.05) is 60.7 Å². The van der Waals surface area contributed by atoms with Gasteiger partial charge in [0.25, 0.3) is 5.91 Å². The van der Waals surface area contributed by atoms with Gasteiger partial charge in [0.15, 0.2) is 6.61 Å². The molecule has 0 aliphatic carbocycles. The molecular weight excluding hydrogens is 1160 g/mol. The fraction of sp³-hybridized carbons (Fsp3) is 0.462. The van der Waals surface area contributed by atoms with Gasteiger partial charge in [-0.1, -0.05) is 103 Å². The van der Waals surface area contributed by atoms with E-state index in [0.29, 0.717) is 24.8 Å². The Bertz CT molecular complexity index is 2950. The number of ether oxygens (including phenoxy) is 3. The molecule has 4 rings (SSSR count). The number of carbonyl (C=O) groups is 11. The summed E-state index contributed by atoms with van der Waals surface area (Å²) in [6.07, 6.45) is 0.429. The molecule has 0 spiro atoms. The number of phenols is 1. The maximum absolute atomic E-state index is 14.0. The third-order valence-corrected chi connectivity index (χ3v) is 13.4. The second kappa shape index (κ2) is 37.5. The van der Waals surface area contributed by atoms with E-state index >= 15 is 0 Å². The first-order valence-corrected chi connectivity index (χ1v) is 30.0. The van der Waals surface area contributed by atoms with Gasteiger partial charge in [-0.2, -0.15) is 0 Å². The zero-order chi connectivity index (χ0) is 66.2. The number of esters is 2. The molecule has 0 aromatic heterocycles. The van der Waals surface area contributed by atoms with E-state index in [2.05, 4.69) is 42.5 Å². The average molecular weight is 1250 g/mol. The lowest BCUT2D eigenvalue weighted by Crippen LogP contribution is -2.56. The van der Waals surface area contributed by atoms with Crippen molar-refractivity contribution in [3.8, 4) is 5.75 Å². The molecule has 0 saturated carbocycles. The molecule has 0 saturated heterocycles. The van der Waals surface area contributed by atoms with Crippen LogP contribution in [0.25, 0.3) is 0 Å². The summed E-state index contributed by atoms with van der Waals surface area (Å²) in [5.41, 5.74) is 12.8. The van der Waals surface area contributed by atoms with Crippen molar-refractivity contribution in [3.05, 3.63) is 138 Å². The smallest absolute Gasteiger partial charge is 0.408 e. The van der Waals surface area contributed by atoms with Crippen LogP contribution in [0.3, 0.4) is 0 Å². The van der Waals surface area contributed by atoms with Crippen molar-refractivity contribution in [2.45, 2.75) is 166 Å². The van der Waals surface area contributed by atoms with Crippen LogP contribution < -0.4 is 54.0 Å². The zero-order valence-corrected chi connectivity index (χ0v) is 52.1. The van der Waals surface area contributed by atoms with Gasteiger partial charge in [-0.15, -0.1) is 0 Å². The predicted octanol–water partition coefficient (Wildman–Crippen LogP) is 3.38. The minimum Gasteiger partial charge on any atom is -0.508 e. The Morgan fingerprint density at radius 1 is 0.478 bits per heavy atom. The fourth-order valence-corrected chi connectivity index (χ4v) is 8.92. The molecule has 0 aliphatic rings. The van der Waals surface area contributed by atoms with Crippen LogP contribution in [0, 0.1) is 0 Å². The summed E-state index contributed by atoms with van der Waals surface area (Å²) in [4.78, 5) is 144. The third-order valence-electron chi connectivity index (χ3n) is 13.4. The van der Waals surface area contributed by atoms with Crippen molar-refractivity contribution in [2.24, 2.45) is 11.5 Å². The summed E-state index contributed by atoms with van der Waals surface area (Å²) in [7, 11) is 0. The molecule has 90 heavy (non-hydrogen) atoms. The van der Waals surface area contributed by atoms with Gasteiger partial charge >= 0.3 is 18.0 Å². The van der Waals surface area contributed by atoms with Crippen LogP contribution in [0.5, 0.6) is 5.75 Å². The number of nitrogens with one attached hydrogen (secondary N) is 8. The Morgan fingerprint density at radius 2 is 0.967 bits per heavy atom. The Hall–Kier alpha value is -9.39. The molecule has 0 fully saturated rings. The van der Waals surface area contributed by atoms with Crippen LogP contribution in [-0.4, -0.2) is 138 Å². The van der Waals surface area contributed by atoms with E-state index < -0.39 is 121 Å². The maximum Gasteiger partial charge on any atom is 0.408 e. The summed E-state index contributed by atoms with van der Waals surface area (Å²) in [6.45, 7) is 8.97. The molecule has 0 heterocycles. The zero-order valence-electron chi connectivity index (χ0n) is 52.1. The number of benzene rings is 4. The van der Waals surface area contributed by atoms with Crippen LogP contribution in [0.1, 0.15) is 134 Å². The summed E-state index contributed by atoms with van der Waals surface area (Å²) < 4.78 is 16.0. The van der Waals surface area contributed by atoms with Crippen LogP contribution >= 0.6 is 0 Å². The van der Waals surface area contributed by atoms with E-state index in [0.717, 1.165) is 16.7 Å². The number of carbonyl (C=O) groups excluding carboxylic acids is 11. The lowest BCUT2D eigenvalue weighted by molar-refractivity contribution is -0.156. The number of hydrogen-bond donors (Lipinski definition) is 11. The number of rotatable bonds is 36. The van der Waals surface area contributed by atoms with Gasteiger partial charge in [0.1, 0.15) is 47.7 Å². The highest BCUT2D eigenvalue weighted by atomic mass is 16.6. The van der Waals surface area contributed by atoms with Crippen LogP contribution in [0.15, 0.2) is 115 Å². The lowest BCUT2D eigenvalue weighted by Gasteiger charge is -2.25. The molecular formula is C65H88N10O15. The Balaban J connectivity index is 1.24. The van der Waals surface area contributed by atoms with E-state index in [1.165, 1.54) is 12.1 Å². The maximum atomic E-state index is 14.0. The molecule has 0 radical (unpaired) electrons. The Morgan fingerprint density at radius 3 is 1.51 bits per heavy atom. The second-order valence-corrected chi connectivity index (χ2v) is 23.5. The van der Waals surface area contributed by atoms with E-state index in [4.69, 9.17) is 25.7 Å². The van der Waals surface area contributed by atoms with Gasteiger partial charge in [-0.25, -0.2) is 4.79 Å². The van der Waals surface area contributed by atoms with Gasteiger partial charge in [-0.3, -0.25) is 47.9 Å². The number of phenolic OH excluding ortho intramolecular Hbond substituents is 1. The number of aromatic hydroxyl groups is 1. The van der Waals surface area contributed by atoms with Gasteiger partial charge in [0.05, 0.1) is 18.5 Å². The summed E-state index contributed by atoms with van der Waals surface area (Å²) in [5.74, 6) is -6.92. The van der Waals surface area contributed by atoms with Crippen LogP contribution in [-0.2, 0) is 75.0 Å². The molecule has 0 aliphatic heterocycles. The first kappa shape index (κ1) is 73.1. The first-order valence-electron chi connectivity index (χ1n) is 30.0. The fourth-order valence-electron chi connectivity index (χ4n) is 8.92. The first-order chi connectivity index (χ1) is 42.6. The van der Waals surface area contributed by atoms with Gasteiger partial charge < -0.3 is 73.3 Å². The molecule has 488 valence electrons. The van der Waals surface area contributed by atoms with Crippen LogP contribution in [0.4, 0.5) is 4.79 Å². The van der Waals surface area contributed by atoms with Crippen molar-refractivity contribution in [1.29, 1.82) is 0 Å². The Kier molecular flexibility index (Phi) is 30.4. The number of hydrogen-bond acceptors (Lipinski definition) is 16. The van der Waals surface area contributed by atoms with Gasteiger partial charge in [0, 0.05) is 38.8 Å². The number of nitrogens with two attached hydrogens (primary N) is 2. The van der Waals surface area contributed by atoms with E-state index in [1.54, 1.807) is 84.0 Å². The monoisotopic (exact) mass is 1250 g/mol. The normalized spacial score (nSPS) is 12.9. The molecule has 9 amide bonds. The van der Waals surface area contributed by atoms with Crippen LogP contribution in [0.2, 0.25) is 0 Å². The Labute approximate surface area is 525 Å². The topological polar surface area (TPSA) is 384 Å². The highest BCUT2D eigenvalue weighted by molar-refractivity contribution is 5.95. The lowest BCUT2D eigenvalue weighted by atomic mass is 9.99. The van der Waals surface area contributed by atoms with Crippen molar-refractivity contribution < 1.29 is 72.1 Å². The largest absolute Gasteiger partial charge is 0.508 e.